The van der Waals surface area contributed by atoms with E-state index in [2.05, 4.69) is 27.0 Å². The monoisotopic (exact) mass is 436 g/mol. The number of ether oxygens (including phenoxy) is 1. The Hall–Kier alpha value is -3.43. The molecule has 0 unspecified atom stereocenters. The van der Waals surface area contributed by atoms with E-state index in [9.17, 15) is 4.79 Å². The van der Waals surface area contributed by atoms with Crippen LogP contribution in [0.5, 0.6) is 0 Å². The van der Waals surface area contributed by atoms with E-state index in [1.165, 1.54) is 0 Å². The van der Waals surface area contributed by atoms with Crippen LogP contribution in [-0.4, -0.2) is 46.3 Å². The molecule has 1 aromatic carbocycles. The molecule has 2 aromatic heterocycles. The number of hydrogen-bond donors (Lipinski definition) is 3. The van der Waals surface area contributed by atoms with Crippen LogP contribution >= 0.6 is 0 Å². The first-order valence-corrected chi connectivity index (χ1v) is 10.6. The summed E-state index contributed by atoms with van der Waals surface area (Å²) in [7, 11) is 1.83. The van der Waals surface area contributed by atoms with E-state index in [-0.39, 0.29) is 11.8 Å². The number of carbonyl (C=O) groups excluding carboxylic acids is 1. The first kappa shape index (κ1) is 21.8. The summed E-state index contributed by atoms with van der Waals surface area (Å²) >= 11 is 0. The molecule has 3 heterocycles. The predicted molar refractivity (Wildman–Crippen MR) is 123 cm³/mol. The van der Waals surface area contributed by atoms with Gasteiger partial charge in [0.2, 0.25) is 0 Å². The molecule has 0 spiro atoms. The van der Waals surface area contributed by atoms with Crippen molar-refractivity contribution < 1.29 is 14.4 Å². The average molecular weight is 437 g/mol. The molecule has 1 aliphatic heterocycles. The highest BCUT2D eigenvalue weighted by molar-refractivity contribution is 5.99. The van der Waals surface area contributed by atoms with Gasteiger partial charge in [-0.1, -0.05) is 12.6 Å². The zero-order valence-corrected chi connectivity index (χ0v) is 18.4. The third kappa shape index (κ3) is 4.74. The highest BCUT2D eigenvalue weighted by atomic mass is 16.6. The minimum Gasteiger partial charge on any atom is -0.389 e. The standard InChI is InChI=1S/C23H28N6O3/c1-14(2)26-23(32-24)20-11-17-10-16(4-5-18(17)27-20)21-12-19(28-29(21)3)22(30)25-13-15-6-8-31-9-7-15/h4-5,10-12,15,27H,1,6-9,13,24H2,2-3H3,(H,25,30)/b26-23-. The number of amides is 1. The van der Waals surface area contributed by atoms with Crippen LogP contribution in [0.1, 0.15) is 35.9 Å². The van der Waals surface area contributed by atoms with Crippen molar-refractivity contribution in [3.63, 3.8) is 0 Å². The zero-order chi connectivity index (χ0) is 22.7. The quantitative estimate of drug-likeness (QED) is 0.312. The van der Waals surface area contributed by atoms with Crippen molar-refractivity contribution in [1.29, 1.82) is 0 Å². The molecule has 4 N–H and O–H groups in total. The third-order valence-corrected chi connectivity index (χ3v) is 5.56. The van der Waals surface area contributed by atoms with E-state index < -0.39 is 0 Å². The van der Waals surface area contributed by atoms with Gasteiger partial charge in [-0.15, -0.1) is 0 Å². The Labute approximate surface area is 186 Å². The maximum atomic E-state index is 12.6. The Morgan fingerprint density at radius 3 is 2.88 bits per heavy atom. The lowest BCUT2D eigenvalue weighted by Gasteiger charge is -2.21. The van der Waals surface area contributed by atoms with Gasteiger partial charge in [0.05, 0.1) is 5.69 Å². The van der Waals surface area contributed by atoms with Crippen LogP contribution in [0.25, 0.3) is 22.2 Å². The SMILES string of the molecule is C=C(C)/N=C(\ON)c1cc2cc(-c3cc(C(=O)NCC4CCOCC4)nn3C)ccc2[nH]1. The van der Waals surface area contributed by atoms with E-state index in [0.29, 0.717) is 29.5 Å². The molecule has 4 rings (SSSR count). The van der Waals surface area contributed by atoms with Crippen molar-refractivity contribution in [2.75, 3.05) is 19.8 Å². The highest BCUT2D eigenvalue weighted by Gasteiger charge is 2.18. The molecular formula is C23H28N6O3. The molecule has 9 nitrogen and oxygen atoms in total. The number of aryl methyl sites for hydroxylation is 1. The summed E-state index contributed by atoms with van der Waals surface area (Å²) < 4.78 is 7.09. The number of benzene rings is 1. The highest BCUT2D eigenvalue weighted by Crippen LogP contribution is 2.26. The molecule has 0 aliphatic carbocycles. The summed E-state index contributed by atoms with van der Waals surface area (Å²) in [5.74, 6) is 5.93. The number of aromatic nitrogens is 3. The fourth-order valence-electron chi connectivity index (χ4n) is 3.86. The molecule has 0 atom stereocenters. The summed E-state index contributed by atoms with van der Waals surface area (Å²) in [6.45, 7) is 7.68. The molecule has 0 radical (unpaired) electrons. The minimum absolute atomic E-state index is 0.163. The Morgan fingerprint density at radius 2 is 2.16 bits per heavy atom. The van der Waals surface area contributed by atoms with E-state index in [1.807, 2.05) is 37.4 Å². The topological polar surface area (TPSA) is 120 Å². The smallest absolute Gasteiger partial charge is 0.271 e. The number of nitrogens with one attached hydrogen (secondary N) is 2. The second-order valence-corrected chi connectivity index (χ2v) is 8.06. The van der Waals surface area contributed by atoms with Crippen LogP contribution in [0.3, 0.4) is 0 Å². The number of aromatic amines is 1. The van der Waals surface area contributed by atoms with E-state index in [4.69, 9.17) is 15.5 Å². The number of carbonyl (C=O) groups is 1. The second-order valence-electron chi connectivity index (χ2n) is 8.06. The second kappa shape index (κ2) is 9.37. The molecular weight excluding hydrogens is 408 g/mol. The number of H-pyrrole nitrogens is 1. The summed E-state index contributed by atoms with van der Waals surface area (Å²) in [5, 5.41) is 8.38. The van der Waals surface area contributed by atoms with Gasteiger partial charge < -0.3 is 19.9 Å². The third-order valence-electron chi connectivity index (χ3n) is 5.56. The molecule has 9 heteroatoms. The van der Waals surface area contributed by atoms with E-state index >= 15 is 0 Å². The Kier molecular flexibility index (Phi) is 6.38. The Balaban J connectivity index is 1.54. The first-order valence-electron chi connectivity index (χ1n) is 10.6. The molecule has 0 bridgehead atoms. The molecule has 1 saturated heterocycles. The van der Waals surface area contributed by atoms with Gasteiger partial charge in [-0.2, -0.15) is 11.0 Å². The lowest BCUT2D eigenvalue weighted by atomic mass is 10.0. The average Bonchev–Trinajstić information content (AvgIpc) is 3.39. The van der Waals surface area contributed by atoms with Crippen molar-refractivity contribution in [2.45, 2.75) is 19.8 Å². The summed E-state index contributed by atoms with van der Waals surface area (Å²) in [6, 6.07) is 9.67. The molecule has 32 heavy (non-hydrogen) atoms. The number of rotatable bonds is 6. The van der Waals surface area contributed by atoms with Crippen molar-refractivity contribution in [2.24, 2.45) is 23.9 Å². The van der Waals surface area contributed by atoms with Gasteiger partial charge in [0.15, 0.2) is 5.69 Å². The van der Waals surface area contributed by atoms with Crippen LogP contribution in [0, 0.1) is 5.92 Å². The first-order chi connectivity index (χ1) is 15.4. The van der Waals surface area contributed by atoms with Crippen LogP contribution < -0.4 is 11.2 Å². The van der Waals surface area contributed by atoms with Gasteiger partial charge in [0.25, 0.3) is 11.8 Å². The molecule has 3 aromatic rings. The molecule has 1 aliphatic rings. The Morgan fingerprint density at radius 1 is 1.38 bits per heavy atom. The fourth-order valence-corrected chi connectivity index (χ4v) is 3.86. The number of nitrogens with two attached hydrogens (primary N) is 1. The van der Waals surface area contributed by atoms with Crippen LogP contribution in [-0.2, 0) is 16.6 Å². The number of nitrogens with zero attached hydrogens (tertiary/aromatic N) is 3. The van der Waals surface area contributed by atoms with Crippen LogP contribution in [0.4, 0.5) is 0 Å². The number of hydrogen-bond acceptors (Lipinski definition) is 6. The summed E-state index contributed by atoms with van der Waals surface area (Å²) in [4.78, 5) is 25.0. The van der Waals surface area contributed by atoms with Gasteiger partial charge in [-0.3, -0.25) is 9.48 Å². The molecule has 168 valence electrons. The number of fused-ring (bicyclic) bond motifs is 1. The van der Waals surface area contributed by atoms with E-state index in [1.54, 1.807) is 11.6 Å². The van der Waals surface area contributed by atoms with Crippen molar-refractivity contribution in [1.82, 2.24) is 20.1 Å². The largest absolute Gasteiger partial charge is 0.389 e. The summed E-state index contributed by atoms with van der Waals surface area (Å²) in [5.41, 5.74) is 4.33. The van der Waals surface area contributed by atoms with E-state index in [0.717, 1.165) is 48.2 Å². The van der Waals surface area contributed by atoms with Gasteiger partial charge in [0, 0.05) is 49.0 Å². The predicted octanol–water partition coefficient (Wildman–Crippen LogP) is 2.90. The maximum absolute atomic E-state index is 12.6. The molecule has 0 saturated carbocycles. The fraction of sp³-hybridized carbons (Fsp3) is 0.348. The summed E-state index contributed by atoms with van der Waals surface area (Å²) in [6.07, 6.45) is 1.95. The van der Waals surface area contributed by atoms with Crippen molar-refractivity contribution in [3.8, 4) is 11.3 Å². The van der Waals surface area contributed by atoms with Gasteiger partial charge in [0.1, 0.15) is 5.69 Å². The van der Waals surface area contributed by atoms with Crippen LogP contribution in [0.2, 0.25) is 0 Å². The zero-order valence-electron chi connectivity index (χ0n) is 18.4. The Bertz CT molecular complexity index is 1170. The maximum Gasteiger partial charge on any atom is 0.271 e. The minimum atomic E-state index is -0.163. The molecule has 1 fully saturated rings. The number of allylic oxidation sites excluding steroid dienone is 1. The molecule has 1 amide bonds. The van der Waals surface area contributed by atoms with Gasteiger partial charge >= 0.3 is 0 Å². The normalized spacial score (nSPS) is 15.2. The van der Waals surface area contributed by atoms with Crippen molar-refractivity contribution in [3.05, 3.63) is 54.0 Å². The lowest BCUT2D eigenvalue weighted by Crippen LogP contribution is -2.32. The van der Waals surface area contributed by atoms with Gasteiger partial charge in [-0.25, -0.2) is 4.99 Å². The van der Waals surface area contributed by atoms with Crippen LogP contribution in [0.15, 0.2) is 47.6 Å². The van der Waals surface area contributed by atoms with Crippen molar-refractivity contribution >= 4 is 22.7 Å². The number of aliphatic imine (C=N–C) groups is 1. The lowest BCUT2D eigenvalue weighted by molar-refractivity contribution is 0.0642. The van der Waals surface area contributed by atoms with Gasteiger partial charge in [-0.05, 0) is 49.9 Å².